The van der Waals surface area contributed by atoms with Gasteiger partial charge in [0.1, 0.15) is 5.75 Å². The van der Waals surface area contributed by atoms with Gasteiger partial charge in [-0.1, -0.05) is 19.1 Å². The quantitative estimate of drug-likeness (QED) is 0.865. The van der Waals surface area contributed by atoms with Crippen LogP contribution in [0.5, 0.6) is 5.75 Å². The van der Waals surface area contributed by atoms with Crippen molar-refractivity contribution in [3.8, 4) is 5.75 Å². The molecule has 0 atom stereocenters. The first kappa shape index (κ1) is 16.5. The number of ether oxygens (including phenoxy) is 1. The molecule has 24 heavy (non-hydrogen) atoms. The van der Waals surface area contributed by atoms with Gasteiger partial charge < -0.3 is 15.0 Å². The zero-order chi connectivity index (χ0) is 17.1. The zero-order valence-corrected chi connectivity index (χ0v) is 14.8. The fourth-order valence-electron chi connectivity index (χ4n) is 2.59. The summed E-state index contributed by atoms with van der Waals surface area (Å²) in [6.07, 6.45) is 0.846. The minimum absolute atomic E-state index is 0.0513. The first-order chi connectivity index (χ1) is 11.6. The van der Waals surface area contributed by atoms with Crippen LogP contribution in [0, 0.1) is 0 Å². The Kier molecular flexibility index (Phi) is 4.85. The molecule has 0 aromatic heterocycles. The first-order valence-electron chi connectivity index (χ1n) is 7.73. The molecule has 5 nitrogen and oxygen atoms in total. The molecule has 2 amide bonds. The number of benzene rings is 2. The zero-order valence-electron chi connectivity index (χ0n) is 13.2. The van der Waals surface area contributed by atoms with Crippen LogP contribution in [-0.2, 0) is 4.79 Å². The molecular formula is C18H17BrN2O3. The monoisotopic (exact) mass is 388 g/mol. The minimum Gasteiger partial charge on any atom is -0.482 e. The van der Waals surface area contributed by atoms with E-state index >= 15 is 0 Å². The van der Waals surface area contributed by atoms with Crippen molar-refractivity contribution in [2.45, 2.75) is 13.3 Å². The van der Waals surface area contributed by atoms with E-state index in [1.54, 1.807) is 29.2 Å². The fraction of sp³-hybridized carbons (Fsp3) is 0.222. The Balaban J connectivity index is 1.87. The van der Waals surface area contributed by atoms with Crippen molar-refractivity contribution >= 4 is 39.1 Å². The lowest BCUT2D eigenvalue weighted by molar-refractivity contribution is -0.121. The molecule has 3 rings (SSSR count). The van der Waals surface area contributed by atoms with Gasteiger partial charge in [-0.2, -0.15) is 0 Å². The van der Waals surface area contributed by atoms with E-state index in [9.17, 15) is 9.59 Å². The maximum Gasteiger partial charge on any atom is 0.265 e. The van der Waals surface area contributed by atoms with Crippen LogP contribution in [0.2, 0.25) is 0 Å². The second-order valence-corrected chi connectivity index (χ2v) is 6.30. The fourth-order valence-corrected chi connectivity index (χ4v) is 3.06. The predicted octanol–water partition coefficient (Wildman–Crippen LogP) is 3.84. The van der Waals surface area contributed by atoms with Gasteiger partial charge in [0.05, 0.1) is 11.3 Å². The summed E-state index contributed by atoms with van der Waals surface area (Å²) >= 11 is 3.37. The molecule has 0 bridgehead atoms. The van der Waals surface area contributed by atoms with Crippen LogP contribution in [0.4, 0.5) is 11.4 Å². The molecule has 0 spiro atoms. The number of hydrogen-bond acceptors (Lipinski definition) is 3. The molecule has 0 fully saturated rings. The molecule has 0 saturated carbocycles. The van der Waals surface area contributed by atoms with E-state index in [2.05, 4.69) is 21.2 Å². The Morgan fingerprint density at radius 3 is 2.83 bits per heavy atom. The first-order valence-corrected chi connectivity index (χ1v) is 8.52. The van der Waals surface area contributed by atoms with Gasteiger partial charge >= 0.3 is 0 Å². The van der Waals surface area contributed by atoms with Gasteiger partial charge in [-0.3, -0.25) is 9.59 Å². The maximum absolute atomic E-state index is 12.4. The number of hydrogen-bond donors (Lipinski definition) is 1. The van der Waals surface area contributed by atoms with E-state index in [0.717, 1.165) is 10.9 Å². The molecule has 1 aliphatic rings. The van der Waals surface area contributed by atoms with E-state index in [1.807, 2.05) is 25.1 Å². The van der Waals surface area contributed by atoms with Crippen molar-refractivity contribution < 1.29 is 14.3 Å². The highest BCUT2D eigenvalue weighted by molar-refractivity contribution is 9.10. The number of carbonyl (C=O) groups excluding carboxylic acids is 2. The van der Waals surface area contributed by atoms with Gasteiger partial charge in [0.2, 0.25) is 0 Å². The molecule has 2 aromatic rings. The Hall–Kier alpha value is -2.34. The van der Waals surface area contributed by atoms with Crippen LogP contribution in [0.25, 0.3) is 0 Å². The molecule has 1 aliphatic heterocycles. The minimum atomic E-state index is -0.215. The third-order valence-electron chi connectivity index (χ3n) is 3.73. The van der Waals surface area contributed by atoms with E-state index < -0.39 is 0 Å². The summed E-state index contributed by atoms with van der Waals surface area (Å²) in [7, 11) is 0. The number of nitrogens with zero attached hydrogens (tertiary/aromatic N) is 1. The van der Waals surface area contributed by atoms with Crippen molar-refractivity contribution in [1.82, 2.24) is 0 Å². The number of nitrogens with one attached hydrogen (secondary N) is 1. The van der Waals surface area contributed by atoms with Gasteiger partial charge in [0, 0.05) is 16.7 Å². The molecular weight excluding hydrogens is 372 g/mol. The molecule has 6 heteroatoms. The third kappa shape index (κ3) is 3.28. The Bertz CT molecular complexity index is 792. The van der Waals surface area contributed by atoms with Crippen LogP contribution in [0.15, 0.2) is 46.9 Å². The number of fused-ring (bicyclic) bond motifs is 1. The highest BCUT2D eigenvalue weighted by Gasteiger charge is 2.25. The summed E-state index contributed by atoms with van der Waals surface area (Å²) in [5, 5.41) is 2.86. The number of amides is 2. The molecule has 0 radical (unpaired) electrons. The summed E-state index contributed by atoms with van der Waals surface area (Å²) in [5.74, 6) is 0.369. The SMILES string of the molecule is CCCN1C(=O)COc2ccc(NC(=O)c3ccccc3Br)cc21. The third-order valence-corrected chi connectivity index (χ3v) is 4.42. The van der Waals surface area contributed by atoms with Crippen molar-refractivity contribution in [2.24, 2.45) is 0 Å². The molecule has 1 heterocycles. The lowest BCUT2D eigenvalue weighted by Crippen LogP contribution is -2.39. The average molecular weight is 389 g/mol. The number of halogens is 1. The van der Waals surface area contributed by atoms with Gasteiger partial charge in [0.25, 0.3) is 11.8 Å². The summed E-state index contributed by atoms with van der Waals surface area (Å²) in [4.78, 5) is 26.2. The van der Waals surface area contributed by atoms with Crippen LogP contribution < -0.4 is 15.0 Å². The largest absolute Gasteiger partial charge is 0.482 e. The van der Waals surface area contributed by atoms with Crippen molar-refractivity contribution in [3.63, 3.8) is 0 Å². The van der Waals surface area contributed by atoms with E-state index in [4.69, 9.17) is 4.74 Å². The number of carbonyl (C=O) groups is 2. The standard InChI is InChI=1S/C18H17BrN2O3/c1-2-9-21-15-10-12(7-8-16(15)24-11-17(21)22)20-18(23)13-5-3-4-6-14(13)19/h3-8,10H,2,9,11H2,1H3,(H,20,23). The second-order valence-electron chi connectivity index (χ2n) is 5.45. The van der Waals surface area contributed by atoms with Crippen molar-refractivity contribution in [1.29, 1.82) is 0 Å². The topological polar surface area (TPSA) is 58.6 Å². The number of anilines is 2. The Labute approximate surface area is 148 Å². The lowest BCUT2D eigenvalue weighted by atomic mass is 10.1. The Morgan fingerprint density at radius 2 is 2.08 bits per heavy atom. The highest BCUT2D eigenvalue weighted by Crippen LogP contribution is 2.35. The summed E-state index contributed by atoms with van der Waals surface area (Å²) < 4.78 is 6.19. The van der Waals surface area contributed by atoms with E-state index in [-0.39, 0.29) is 18.4 Å². The summed E-state index contributed by atoms with van der Waals surface area (Å²) in [6.45, 7) is 2.69. The van der Waals surface area contributed by atoms with Gasteiger partial charge in [-0.15, -0.1) is 0 Å². The van der Waals surface area contributed by atoms with Crippen LogP contribution in [-0.4, -0.2) is 25.0 Å². The van der Waals surface area contributed by atoms with Crippen LogP contribution in [0.3, 0.4) is 0 Å². The molecule has 0 aliphatic carbocycles. The Morgan fingerprint density at radius 1 is 1.29 bits per heavy atom. The maximum atomic E-state index is 12.4. The normalized spacial score (nSPS) is 13.2. The molecule has 2 aromatic carbocycles. The van der Waals surface area contributed by atoms with Crippen molar-refractivity contribution in [2.75, 3.05) is 23.4 Å². The molecule has 124 valence electrons. The predicted molar refractivity (Wildman–Crippen MR) is 96.7 cm³/mol. The van der Waals surface area contributed by atoms with E-state index in [1.165, 1.54) is 0 Å². The molecule has 1 N–H and O–H groups in total. The van der Waals surface area contributed by atoms with Gasteiger partial charge in [0.15, 0.2) is 6.61 Å². The van der Waals surface area contributed by atoms with Crippen molar-refractivity contribution in [3.05, 3.63) is 52.5 Å². The van der Waals surface area contributed by atoms with Gasteiger partial charge in [-0.25, -0.2) is 0 Å². The molecule has 0 saturated heterocycles. The van der Waals surface area contributed by atoms with E-state index in [0.29, 0.717) is 29.2 Å². The van der Waals surface area contributed by atoms with Crippen LogP contribution >= 0.6 is 15.9 Å². The highest BCUT2D eigenvalue weighted by atomic mass is 79.9. The average Bonchev–Trinajstić information content (AvgIpc) is 2.58. The summed E-state index contributed by atoms with van der Waals surface area (Å²) in [5.41, 5.74) is 1.86. The smallest absolute Gasteiger partial charge is 0.265 e. The van der Waals surface area contributed by atoms with Crippen LogP contribution in [0.1, 0.15) is 23.7 Å². The second kappa shape index (κ2) is 7.05. The molecule has 0 unspecified atom stereocenters. The van der Waals surface area contributed by atoms with Gasteiger partial charge in [-0.05, 0) is 52.7 Å². The summed E-state index contributed by atoms with van der Waals surface area (Å²) in [6, 6.07) is 12.5. The lowest BCUT2D eigenvalue weighted by Gasteiger charge is -2.29. The number of rotatable bonds is 4.